The zero-order chi connectivity index (χ0) is 24.5. The van der Waals surface area contributed by atoms with Crippen molar-refractivity contribution < 1.29 is 23.0 Å². The fourth-order valence-corrected chi connectivity index (χ4v) is 4.44. The largest absolute Gasteiger partial charge is 0.496 e. The van der Waals surface area contributed by atoms with Crippen LogP contribution in [0.2, 0.25) is 0 Å². The predicted molar refractivity (Wildman–Crippen MR) is 126 cm³/mol. The van der Waals surface area contributed by atoms with Crippen molar-refractivity contribution in [2.24, 2.45) is 7.05 Å². The van der Waals surface area contributed by atoms with Crippen LogP contribution in [0.3, 0.4) is 0 Å². The Bertz CT molecular complexity index is 1420. The van der Waals surface area contributed by atoms with E-state index in [-0.39, 0.29) is 35.0 Å². The Kier molecular flexibility index (Phi) is 6.12. The summed E-state index contributed by atoms with van der Waals surface area (Å²) in [5.74, 6) is -1.07. The van der Waals surface area contributed by atoms with Crippen molar-refractivity contribution in [1.82, 2.24) is 19.7 Å². The van der Waals surface area contributed by atoms with Crippen LogP contribution in [0.15, 0.2) is 42.7 Å². The van der Waals surface area contributed by atoms with Gasteiger partial charge in [-0.15, -0.1) is 0 Å². The number of methoxy groups -OCH3 is 1. The van der Waals surface area contributed by atoms with Gasteiger partial charge in [-0.3, -0.25) is 9.48 Å². The van der Waals surface area contributed by atoms with Crippen LogP contribution in [-0.4, -0.2) is 58.9 Å². The van der Waals surface area contributed by atoms with E-state index in [1.165, 1.54) is 42.3 Å². The van der Waals surface area contributed by atoms with Crippen molar-refractivity contribution in [3.8, 4) is 17.1 Å². The summed E-state index contributed by atoms with van der Waals surface area (Å²) < 4.78 is 41.8. The average molecular weight is 479 g/mol. The molecular weight excluding hydrogens is 456 g/mol. The number of halogens is 2. The molecule has 0 spiro atoms. The Morgan fingerprint density at radius 1 is 1.17 bits per heavy atom. The maximum Gasteiger partial charge on any atom is 0.185 e. The Morgan fingerprint density at radius 2 is 1.97 bits per heavy atom. The number of carbonyl (C=O) groups excluding carboxylic acids is 1. The molecule has 0 N–H and O–H groups in total. The number of morpholine rings is 1. The second-order valence-electron chi connectivity index (χ2n) is 8.18. The topological polar surface area (TPSA) is 82.4 Å². The number of nitrogens with zero attached hydrogens (tertiary/aromatic N) is 5. The normalized spacial score (nSPS) is 13.9. The molecule has 2 aromatic carbocycles. The van der Waals surface area contributed by atoms with Crippen LogP contribution in [-0.2, 0) is 18.2 Å². The number of rotatable bonds is 6. The molecule has 5 rings (SSSR count). The van der Waals surface area contributed by atoms with Gasteiger partial charge in [0.2, 0.25) is 0 Å². The molecule has 0 saturated carbocycles. The van der Waals surface area contributed by atoms with Gasteiger partial charge in [0, 0.05) is 38.1 Å². The van der Waals surface area contributed by atoms with E-state index in [0.29, 0.717) is 42.8 Å². The number of ketones is 1. The molecule has 1 aliphatic heterocycles. The van der Waals surface area contributed by atoms with E-state index >= 15 is 4.39 Å². The lowest BCUT2D eigenvalue weighted by molar-refractivity contribution is 0.0988. The van der Waals surface area contributed by atoms with Crippen molar-refractivity contribution >= 4 is 22.4 Å². The van der Waals surface area contributed by atoms with Crippen molar-refractivity contribution in [3.05, 3.63) is 65.6 Å². The van der Waals surface area contributed by atoms with Gasteiger partial charge in [0.25, 0.3) is 0 Å². The first-order valence-electron chi connectivity index (χ1n) is 11.1. The molecule has 0 radical (unpaired) electrons. The summed E-state index contributed by atoms with van der Waals surface area (Å²) in [5.41, 5.74) is 1.83. The molecule has 4 aromatic rings. The van der Waals surface area contributed by atoms with Crippen molar-refractivity contribution in [2.75, 3.05) is 38.3 Å². The summed E-state index contributed by atoms with van der Waals surface area (Å²) in [7, 11) is 3.10. The summed E-state index contributed by atoms with van der Waals surface area (Å²) in [6.07, 6.45) is 2.92. The first-order valence-corrected chi connectivity index (χ1v) is 11.1. The predicted octanol–water partition coefficient (Wildman–Crippen LogP) is 3.58. The molecule has 1 fully saturated rings. The Balaban J connectivity index is 1.54. The maximum atomic E-state index is 15.1. The van der Waals surface area contributed by atoms with Crippen LogP contribution in [0.5, 0.6) is 5.75 Å². The van der Waals surface area contributed by atoms with Gasteiger partial charge >= 0.3 is 0 Å². The second-order valence-corrected chi connectivity index (χ2v) is 8.18. The fraction of sp³-hybridized carbons (Fsp3) is 0.280. The lowest BCUT2D eigenvalue weighted by Gasteiger charge is -2.31. The molecule has 1 aliphatic rings. The highest BCUT2D eigenvalue weighted by Crippen LogP contribution is 2.34. The molecule has 10 heteroatoms. The number of fused-ring (bicyclic) bond motifs is 1. The van der Waals surface area contributed by atoms with Crippen LogP contribution in [0.25, 0.3) is 22.3 Å². The van der Waals surface area contributed by atoms with Crippen molar-refractivity contribution in [1.29, 1.82) is 0 Å². The minimum atomic E-state index is -0.562. The van der Waals surface area contributed by atoms with Gasteiger partial charge in [0.05, 0.1) is 37.8 Å². The Hall–Kier alpha value is -3.92. The van der Waals surface area contributed by atoms with Gasteiger partial charge in [-0.1, -0.05) is 6.07 Å². The molecule has 1 saturated heterocycles. The average Bonchev–Trinajstić information content (AvgIpc) is 3.26. The molecule has 8 nitrogen and oxygen atoms in total. The van der Waals surface area contributed by atoms with Crippen molar-refractivity contribution in [3.63, 3.8) is 0 Å². The number of hydrogen-bond donors (Lipinski definition) is 0. The minimum Gasteiger partial charge on any atom is -0.496 e. The van der Waals surface area contributed by atoms with E-state index in [9.17, 15) is 9.18 Å². The number of aryl methyl sites for hydroxylation is 1. The number of Topliss-reactive ketones (excluding diaryl/α,β-unsaturated/α-hetero) is 1. The molecular formula is C25H23F2N5O3. The van der Waals surface area contributed by atoms with Crippen LogP contribution in [0.1, 0.15) is 16.1 Å². The molecule has 0 bridgehead atoms. The molecule has 0 amide bonds. The van der Waals surface area contributed by atoms with Gasteiger partial charge in [0.15, 0.2) is 11.6 Å². The second kappa shape index (κ2) is 9.38. The van der Waals surface area contributed by atoms with Gasteiger partial charge in [-0.25, -0.2) is 18.7 Å². The number of anilines is 1. The summed E-state index contributed by atoms with van der Waals surface area (Å²) in [6, 6.07) is 7.23. The maximum absolute atomic E-state index is 15.1. The third-order valence-corrected chi connectivity index (χ3v) is 6.06. The lowest BCUT2D eigenvalue weighted by atomic mass is 10.0. The highest BCUT2D eigenvalue weighted by atomic mass is 19.1. The highest BCUT2D eigenvalue weighted by molar-refractivity contribution is 6.00. The Morgan fingerprint density at radius 3 is 2.74 bits per heavy atom. The van der Waals surface area contributed by atoms with Gasteiger partial charge in [0.1, 0.15) is 28.6 Å². The number of carbonyl (C=O) groups is 1. The quantitative estimate of drug-likeness (QED) is 0.391. The number of ether oxygens (including phenoxy) is 2. The van der Waals surface area contributed by atoms with E-state index < -0.39 is 11.6 Å². The fourth-order valence-electron chi connectivity index (χ4n) is 4.44. The molecule has 0 unspecified atom stereocenters. The van der Waals surface area contributed by atoms with Gasteiger partial charge < -0.3 is 14.4 Å². The van der Waals surface area contributed by atoms with Gasteiger partial charge in [-0.2, -0.15) is 5.10 Å². The molecule has 3 heterocycles. The first kappa shape index (κ1) is 22.9. The standard InChI is InChI=1S/C25H23F2N5O3/c1-31-24-16(14-29-31)23(32-8-10-35-11-9-32)15(12-18(24)27)13-20(33)19-6-7-28-25(30-19)22-17(26)4-3-5-21(22)34-2/h3-7,12,14H,8-11,13H2,1-2H3. The van der Waals surface area contributed by atoms with E-state index in [4.69, 9.17) is 9.47 Å². The SMILES string of the molecule is COc1cccc(F)c1-c1nccc(C(=O)Cc2cc(F)c3c(cnn3C)c2N2CCOCC2)n1. The van der Waals surface area contributed by atoms with E-state index in [1.807, 2.05) is 0 Å². The van der Waals surface area contributed by atoms with E-state index in [0.717, 1.165) is 5.69 Å². The monoisotopic (exact) mass is 479 g/mol. The number of hydrogen-bond acceptors (Lipinski definition) is 7. The minimum absolute atomic E-state index is 0.0353. The number of benzene rings is 2. The molecule has 0 aliphatic carbocycles. The third-order valence-electron chi connectivity index (χ3n) is 6.06. The van der Waals surface area contributed by atoms with E-state index in [1.54, 1.807) is 19.3 Å². The summed E-state index contributed by atoms with van der Waals surface area (Å²) >= 11 is 0. The van der Waals surface area contributed by atoms with Crippen molar-refractivity contribution in [2.45, 2.75) is 6.42 Å². The first-order chi connectivity index (χ1) is 17.0. The van der Waals surface area contributed by atoms with Crippen LogP contribution < -0.4 is 9.64 Å². The van der Waals surface area contributed by atoms with Gasteiger partial charge in [-0.05, 0) is 29.8 Å². The summed E-state index contributed by atoms with van der Waals surface area (Å²) in [4.78, 5) is 23.9. The summed E-state index contributed by atoms with van der Waals surface area (Å²) in [6.45, 7) is 2.29. The Labute approximate surface area is 200 Å². The third kappa shape index (κ3) is 4.21. The molecule has 180 valence electrons. The lowest BCUT2D eigenvalue weighted by Crippen LogP contribution is -2.37. The molecule has 0 atom stereocenters. The molecule has 35 heavy (non-hydrogen) atoms. The smallest absolute Gasteiger partial charge is 0.185 e. The molecule has 2 aromatic heterocycles. The zero-order valence-electron chi connectivity index (χ0n) is 19.3. The van der Waals surface area contributed by atoms with Crippen LogP contribution in [0, 0.1) is 11.6 Å². The van der Waals surface area contributed by atoms with Crippen LogP contribution >= 0.6 is 0 Å². The van der Waals surface area contributed by atoms with E-state index in [2.05, 4.69) is 20.0 Å². The zero-order valence-corrected chi connectivity index (χ0v) is 19.3. The summed E-state index contributed by atoms with van der Waals surface area (Å²) in [5, 5.41) is 4.86. The highest BCUT2D eigenvalue weighted by Gasteiger charge is 2.24. The number of aromatic nitrogens is 4. The van der Waals surface area contributed by atoms with Crippen LogP contribution in [0.4, 0.5) is 14.5 Å².